The van der Waals surface area contributed by atoms with Gasteiger partial charge in [0.1, 0.15) is 5.75 Å². The Morgan fingerprint density at radius 3 is 2.82 bits per heavy atom. The van der Waals surface area contributed by atoms with Crippen molar-refractivity contribution in [1.82, 2.24) is 15.1 Å². The van der Waals surface area contributed by atoms with Crippen molar-refractivity contribution < 1.29 is 5.11 Å². The van der Waals surface area contributed by atoms with Gasteiger partial charge in [-0.3, -0.25) is 0 Å². The van der Waals surface area contributed by atoms with Gasteiger partial charge in [0, 0.05) is 17.3 Å². The lowest BCUT2D eigenvalue weighted by atomic mass is 10.2. The van der Waals surface area contributed by atoms with Crippen LogP contribution in [0.4, 0.5) is 0 Å². The minimum atomic E-state index is 0.283. The fourth-order valence-electron chi connectivity index (χ4n) is 2.48. The molecule has 1 aromatic carbocycles. The van der Waals surface area contributed by atoms with E-state index >= 15 is 0 Å². The van der Waals surface area contributed by atoms with Gasteiger partial charge in [0.25, 0.3) is 0 Å². The van der Waals surface area contributed by atoms with Crippen LogP contribution in [0, 0.1) is 0 Å². The Balaban J connectivity index is 2.03. The van der Waals surface area contributed by atoms with Gasteiger partial charge in [-0.05, 0) is 44.2 Å². The normalized spacial score (nSPS) is 18.3. The van der Waals surface area contributed by atoms with Gasteiger partial charge in [0.05, 0.1) is 11.9 Å². The molecule has 0 spiro atoms. The molecule has 88 valence electrons. The number of aromatic nitrogens is 2. The van der Waals surface area contributed by atoms with E-state index in [4.69, 9.17) is 0 Å². The first-order valence-corrected chi connectivity index (χ1v) is 5.83. The average Bonchev–Trinajstić information content (AvgIpc) is 2.91. The van der Waals surface area contributed by atoms with E-state index in [9.17, 15) is 5.11 Å². The maximum atomic E-state index is 9.29. The minimum absolute atomic E-state index is 0.283. The van der Waals surface area contributed by atoms with Gasteiger partial charge in [0.15, 0.2) is 0 Å². The third-order valence-electron chi connectivity index (χ3n) is 3.39. The quantitative estimate of drug-likeness (QED) is 0.825. The van der Waals surface area contributed by atoms with Crippen molar-refractivity contribution in [3.05, 3.63) is 41.7 Å². The van der Waals surface area contributed by atoms with Crippen molar-refractivity contribution in [1.29, 1.82) is 0 Å². The summed E-state index contributed by atoms with van der Waals surface area (Å²) in [5, 5.41) is 17.0. The smallest absolute Gasteiger partial charge is 0.115 e. The van der Waals surface area contributed by atoms with E-state index < -0.39 is 0 Å². The number of phenolic OH excluding ortho intramolecular Hbond substituents is 1. The molecule has 0 saturated heterocycles. The molecule has 1 heterocycles. The number of hydrogen-bond donors (Lipinski definition) is 2. The highest BCUT2D eigenvalue weighted by Gasteiger charge is 2.25. The van der Waals surface area contributed by atoms with Crippen LogP contribution in [0.3, 0.4) is 0 Å². The van der Waals surface area contributed by atoms with Crippen LogP contribution in [-0.4, -0.2) is 21.9 Å². The molecule has 2 N–H and O–H groups in total. The molecule has 1 aliphatic rings. The number of benzene rings is 1. The van der Waals surface area contributed by atoms with Crippen molar-refractivity contribution >= 4 is 0 Å². The van der Waals surface area contributed by atoms with Gasteiger partial charge in [-0.15, -0.1) is 0 Å². The van der Waals surface area contributed by atoms with Crippen LogP contribution < -0.4 is 5.32 Å². The van der Waals surface area contributed by atoms with Crippen molar-refractivity contribution in [2.45, 2.75) is 18.9 Å². The van der Waals surface area contributed by atoms with E-state index in [1.807, 2.05) is 30.1 Å². The molecule has 1 aromatic heterocycles. The molecule has 1 atom stereocenters. The van der Waals surface area contributed by atoms with E-state index in [0.29, 0.717) is 6.04 Å². The molecule has 0 amide bonds. The van der Waals surface area contributed by atoms with Crippen molar-refractivity contribution in [2.75, 3.05) is 7.05 Å². The maximum absolute atomic E-state index is 9.29. The number of aromatic hydroxyl groups is 1. The van der Waals surface area contributed by atoms with E-state index in [1.54, 1.807) is 12.1 Å². The average molecular weight is 229 g/mol. The van der Waals surface area contributed by atoms with Gasteiger partial charge >= 0.3 is 0 Å². The lowest BCUT2D eigenvalue weighted by Crippen LogP contribution is -2.12. The number of fused-ring (bicyclic) bond motifs is 1. The summed E-state index contributed by atoms with van der Waals surface area (Å²) >= 11 is 0. The van der Waals surface area contributed by atoms with Crippen LogP contribution >= 0.6 is 0 Å². The summed E-state index contributed by atoms with van der Waals surface area (Å²) in [5.41, 5.74) is 3.57. The molecule has 1 aliphatic carbocycles. The summed E-state index contributed by atoms with van der Waals surface area (Å²) in [5.74, 6) is 0.283. The summed E-state index contributed by atoms with van der Waals surface area (Å²) in [6.07, 6.45) is 4.11. The second kappa shape index (κ2) is 3.89. The van der Waals surface area contributed by atoms with Gasteiger partial charge in [0.2, 0.25) is 0 Å². The van der Waals surface area contributed by atoms with E-state index in [-0.39, 0.29) is 5.75 Å². The summed E-state index contributed by atoms with van der Waals surface area (Å²) in [7, 11) is 1.98. The summed E-state index contributed by atoms with van der Waals surface area (Å²) in [6, 6.07) is 7.57. The van der Waals surface area contributed by atoms with Crippen LogP contribution in [-0.2, 0) is 6.42 Å². The van der Waals surface area contributed by atoms with Crippen LogP contribution in [0.2, 0.25) is 0 Å². The molecule has 0 saturated carbocycles. The Labute approximate surface area is 99.9 Å². The summed E-state index contributed by atoms with van der Waals surface area (Å²) in [6.45, 7) is 0. The Morgan fingerprint density at radius 2 is 2.12 bits per heavy atom. The molecule has 3 rings (SSSR count). The zero-order valence-corrected chi connectivity index (χ0v) is 9.72. The standard InChI is InChI=1S/C13H15N3O/c1-14-12-6-7-13-11(12)8-15-16(13)9-2-4-10(17)5-3-9/h2-5,8,12,14,17H,6-7H2,1H3. The van der Waals surface area contributed by atoms with Crippen molar-refractivity contribution in [2.24, 2.45) is 0 Å². The SMILES string of the molecule is CNC1CCc2c1cnn2-c1ccc(O)cc1. The molecule has 0 radical (unpaired) electrons. The van der Waals surface area contributed by atoms with Crippen LogP contribution in [0.5, 0.6) is 5.75 Å². The van der Waals surface area contributed by atoms with Crippen molar-refractivity contribution in [3.8, 4) is 11.4 Å². The molecule has 4 nitrogen and oxygen atoms in total. The Hall–Kier alpha value is -1.81. The Morgan fingerprint density at radius 1 is 1.35 bits per heavy atom. The molecule has 2 aromatic rings. The largest absolute Gasteiger partial charge is 0.508 e. The monoisotopic (exact) mass is 229 g/mol. The number of hydrogen-bond acceptors (Lipinski definition) is 3. The molecule has 1 unspecified atom stereocenters. The topological polar surface area (TPSA) is 50.1 Å². The first kappa shape index (κ1) is 10.4. The van der Waals surface area contributed by atoms with Crippen LogP contribution in [0.15, 0.2) is 30.5 Å². The fraction of sp³-hybridized carbons (Fsp3) is 0.308. The predicted molar refractivity (Wildman–Crippen MR) is 65.4 cm³/mol. The first-order valence-electron chi connectivity index (χ1n) is 5.83. The second-order valence-electron chi connectivity index (χ2n) is 4.35. The summed E-state index contributed by atoms with van der Waals surface area (Å²) in [4.78, 5) is 0. The lowest BCUT2D eigenvalue weighted by molar-refractivity contribution is 0.475. The zero-order chi connectivity index (χ0) is 11.8. The van der Waals surface area contributed by atoms with Gasteiger partial charge < -0.3 is 10.4 Å². The molecule has 0 bridgehead atoms. The van der Waals surface area contributed by atoms with Crippen molar-refractivity contribution in [3.63, 3.8) is 0 Å². The highest BCUT2D eigenvalue weighted by molar-refractivity contribution is 5.40. The summed E-state index contributed by atoms with van der Waals surface area (Å²) < 4.78 is 1.96. The van der Waals surface area contributed by atoms with Gasteiger partial charge in [-0.1, -0.05) is 0 Å². The maximum Gasteiger partial charge on any atom is 0.115 e. The van der Waals surface area contributed by atoms with Gasteiger partial charge in [-0.2, -0.15) is 5.10 Å². The molecular formula is C13H15N3O. The van der Waals surface area contributed by atoms with Crippen LogP contribution in [0.1, 0.15) is 23.7 Å². The molecular weight excluding hydrogens is 214 g/mol. The lowest BCUT2D eigenvalue weighted by Gasteiger charge is -2.05. The third-order valence-corrected chi connectivity index (χ3v) is 3.39. The predicted octanol–water partition coefficient (Wildman–Crippen LogP) is 1.78. The number of nitrogens with one attached hydrogen (secondary N) is 1. The molecule has 4 heteroatoms. The Bertz CT molecular complexity index is 530. The second-order valence-corrected chi connectivity index (χ2v) is 4.35. The molecule has 17 heavy (non-hydrogen) atoms. The number of nitrogens with zero attached hydrogens (tertiary/aromatic N) is 2. The fourth-order valence-corrected chi connectivity index (χ4v) is 2.48. The zero-order valence-electron chi connectivity index (χ0n) is 9.72. The highest BCUT2D eigenvalue weighted by atomic mass is 16.3. The number of phenols is 1. The number of rotatable bonds is 2. The van der Waals surface area contributed by atoms with Crippen LogP contribution in [0.25, 0.3) is 5.69 Å². The van der Waals surface area contributed by atoms with E-state index in [0.717, 1.165) is 18.5 Å². The Kier molecular flexibility index (Phi) is 2.37. The highest BCUT2D eigenvalue weighted by Crippen LogP contribution is 2.32. The molecule has 0 fully saturated rings. The van der Waals surface area contributed by atoms with E-state index in [2.05, 4.69) is 10.4 Å². The van der Waals surface area contributed by atoms with E-state index in [1.165, 1.54) is 11.3 Å². The first-order chi connectivity index (χ1) is 8.29. The molecule has 0 aliphatic heterocycles. The minimum Gasteiger partial charge on any atom is -0.508 e. The third kappa shape index (κ3) is 1.61. The van der Waals surface area contributed by atoms with Gasteiger partial charge in [-0.25, -0.2) is 4.68 Å².